The molecule has 8 aromatic rings. The van der Waals surface area contributed by atoms with Crippen LogP contribution in [0.3, 0.4) is 0 Å². The highest BCUT2D eigenvalue weighted by molar-refractivity contribution is 7.52. The summed E-state index contributed by atoms with van der Waals surface area (Å²) in [4.78, 5) is 74.2. The van der Waals surface area contributed by atoms with Gasteiger partial charge >= 0.3 is 14.3 Å². The van der Waals surface area contributed by atoms with Crippen molar-refractivity contribution in [3.05, 3.63) is 171 Å². The number of fused-ring (bicyclic) bond motifs is 2. The van der Waals surface area contributed by atoms with Crippen LogP contribution in [-0.4, -0.2) is 127 Å². The molecule has 0 bridgehead atoms. The molecular weight excluding hydrogens is 1150 g/mol. The Morgan fingerprint density at radius 3 is 2.01 bits per heavy atom. The van der Waals surface area contributed by atoms with Crippen molar-refractivity contribution in [3.8, 4) is 17.6 Å². The SMILES string of the molecule is COc1ccc(C(OC[C@H]2O[C@@H](n3cnc4c(=O)[nH]c(C)nc43)[C@H](C)[C@@H]2OCP(CCC#N)OC[C@H]2OC(n3cnc4c(=O)[nH]c(NCC(C)C)nc43)[C@H](NC(=O)OCc3ccccc3)[C@@H]2O[P+](=O)O)(c2ccccc2)c2ccc(OC)cc2)cc1. The molecule has 2 saturated heterocycles. The summed E-state index contributed by atoms with van der Waals surface area (Å²) >= 11 is 0. The van der Waals surface area contributed by atoms with E-state index < -0.39 is 88.0 Å². The van der Waals surface area contributed by atoms with Gasteiger partial charge in [-0.25, -0.2) is 19.7 Å². The number of methoxy groups -OCH3 is 2. The number of H-pyrrole nitrogens is 2. The molecule has 450 valence electrons. The monoisotopic (exact) mass is 1210 g/mol. The van der Waals surface area contributed by atoms with E-state index in [2.05, 4.69) is 46.6 Å². The molecule has 25 nitrogen and oxygen atoms in total. The van der Waals surface area contributed by atoms with E-state index in [0.717, 1.165) is 16.7 Å². The number of imidazole rings is 2. The molecule has 10 atom stereocenters. The van der Waals surface area contributed by atoms with E-state index >= 15 is 0 Å². The molecule has 4 aromatic heterocycles. The molecule has 10 rings (SSSR count). The molecule has 2 aliphatic rings. The summed E-state index contributed by atoms with van der Waals surface area (Å²) in [6, 6.07) is 35.0. The van der Waals surface area contributed by atoms with Gasteiger partial charge < -0.3 is 53.3 Å². The molecule has 2 aliphatic heterocycles. The molecule has 0 saturated carbocycles. The van der Waals surface area contributed by atoms with Crippen LogP contribution in [0.15, 0.2) is 131 Å². The maximum atomic E-state index is 13.7. The highest BCUT2D eigenvalue weighted by atomic mass is 31.1. The summed E-state index contributed by atoms with van der Waals surface area (Å²) in [7, 11) is -1.84. The lowest BCUT2D eigenvalue weighted by atomic mass is 9.80. The minimum Gasteiger partial charge on any atom is -0.497 e. The smallest absolute Gasteiger partial charge is 0.497 e. The first-order valence-electron chi connectivity index (χ1n) is 27.8. The van der Waals surface area contributed by atoms with Crippen LogP contribution < -0.4 is 31.2 Å². The number of anilines is 1. The van der Waals surface area contributed by atoms with Crippen LogP contribution in [0.1, 0.15) is 67.7 Å². The third-order valence-electron chi connectivity index (χ3n) is 14.9. The average Bonchev–Trinajstić information content (AvgIpc) is 1.42. The molecule has 6 heterocycles. The summed E-state index contributed by atoms with van der Waals surface area (Å²) in [5.41, 5.74) is 1.32. The maximum absolute atomic E-state index is 13.7. The summed E-state index contributed by atoms with van der Waals surface area (Å²) < 4.78 is 73.2. The van der Waals surface area contributed by atoms with E-state index in [1.54, 1.807) is 50.0 Å². The lowest BCUT2D eigenvalue weighted by Crippen LogP contribution is -2.47. The van der Waals surface area contributed by atoms with Crippen molar-refractivity contribution in [2.24, 2.45) is 11.8 Å². The Morgan fingerprint density at radius 2 is 1.40 bits per heavy atom. The quantitative estimate of drug-likeness (QED) is 0.0253. The summed E-state index contributed by atoms with van der Waals surface area (Å²) in [6.45, 7) is 7.61. The van der Waals surface area contributed by atoms with E-state index in [1.165, 1.54) is 17.2 Å². The number of hydrogen-bond donors (Lipinski definition) is 5. The van der Waals surface area contributed by atoms with Crippen LogP contribution in [0, 0.1) is 30.1 Å². The zero-order valence-electron chi connectivity index (χ0n) is 48.0. The first kappa shape index (κ1) is 61.1. The van der Waals surface area contributed by atoms with Gasteiger partial charge in [0.15, 0.2) is 34.7 Å². The molecule has 3 unspecified atom stereocenters. The Hall–Kier alpha value is -8.01. The van der Waals surface area contributed by atoms with E-state index in [-0.39, 0.29) is 67.3 Å². The van der Waals surface area contributed by atoms with Gasteiger partial charge in [0.1, 0.15) is 54.0 Å². The van der Waals surface area contributed by atoms with Crippen LogP contribution in [0.5, 0.6) is 11.5 Å². The average molecular weight is 1220 g/mol. The number of amides is 1. The fraction of sp³-hybridized carbons (Fsp3) is 0.390. The molecule has 0 aliphatic carbocycles. The van der Waals surface area contributed by atoms with Gasteiger partial charge in [-0.3, -0.25) is 23.7 Å². The molecule has 0 spiro atoms. The van der Waals surface area contributed by atoms with Crippen LogP contribution in [0.4, 0.5) is 10.7 Å². The highest BCUT2D eigenvalue weighted by Crippen LogP contribution is 2.47. The van der Waals surface area contributed by atoms with Gasteiger partial charge in [0.2, 0.25) is 5.95 Å². The summed E-state index contributed by atoms with van der Waals surface area (Å²) in [5, 5.41) is 15.9. The number of rotatable bonds is 26. The number of ether oxygens (including phenoxy) is 7. The van der Waals surface area contributed by atoms with Crippen molar-refractivity contribution in [2.75, 3.05) is 51.8 Å². The van der Waals surface area contributed by atoms with E-state index in [0.29, 0.717) is 35.1 Å². The van der Waals surface area contributed by atoms with Crippen molar-refractivity contribution < 1.29 is 56.5 Å². The Balaban J connectivity index is 0.966. The molecule has 5 N–H and O–H groups in total. The lowest BCUT2D eigenvalue weighted by Gasteiger charge is -2.37. The number of nitrogens with zero attached hydrogens (tertiary/aromatic N) is 7. The van der Waals surface area contributed by atoms with Crippen molar-refractivity contribution in [1.82, 2.24) is 44.4 Å². The van der Waals surface area contributed by atoms with Gasteiger partial charge in [0, 0.05) is 29.6 Å². The largest absolute Gasteiger partial charge is 0.695 e. The summed E-state index contributed by atoms with van der Waals surface area (Å²) in [5.74, 6) is 1.55. The normalized spacial score (nSPS) is 20.9. The Kier molecular flexibility index (Phi) is 19.6. The third kappa shape index (κ3) is 13.5. The molecule has 1 amide bonds. The van der Waals surface area contributed by atoms with Gasteiger partial charge in [0.05, 0.1) is 66.8 Å². The maximum Gasteiger partial charge on any atom is 0.695 e. The molecular formula is C59H66N11O14P2+. The van der Waals surface area contributed by atoms with E-state index in [9.17, 15) is 29.1 Å². The topological polar surface area (TPSA) is 312 Å². The highest BCUT2D eigenvalue weighted by Gasteiger charge is 2.53. The van der Waals surface area contributed by atoms with Crippen molar-refractivity contribution >= 4 is 50.8 Å². The number of hydrogen-bond acceptors (Lipinski definition) is 19. The number of benzene rings is 4. The summed E-state index contributed by atoms with van der Waals surface area (Å²) in [6.07, 6.45) is -4.05. The Morgan fingerprint density at radius 1 is 0.814 bits per heavy atom. The second kappa shape index (κ2) is 27.6. The molecule has 4 aromatic carbocycles. The second-order valence-corrected chi connectivity index (χ2v) is 23.6. The first-order chi connectivity index (χ1) is 41.7. The van der Waals surface area contributed by atoms with Crippen LogP contribution >= 0.6 is 16.4 Å². The standard InChI is InChI=1S/C59H65N11O14P2/c1-35(2)28-61-57-67-52-48(54(72)68-57)63-33-70(52)56-46(66-58(73)78-29-38-14-9-7-10-15-38)50(84-86(74)75)45(83-56)31-81-85(27-13-26-60)34-79-49-36(3)55(69-32-62-47-51(69)64-37(4)65-53(47)71)82-44(49)30-80-59(39-16-11-8-12-17-39,40-18-22-42(76-5)23-19-40)41-20-24-43(77-6)25-21-41/h7-12,14-25,32-33,35-36,44-46,49-50,55-56H,13,27-31,34H2,1-6H3,(H4-,61,64,65,66,67,68,71,72,73,74,75)/p+1/t36-,44-,45-,46-,49+,50-,55-,56?,85?/m1/s1. The molecule has 86 heavy (non-hydrogen) atoms. The number of carbonyl (C=O) groups is 1. The number of aryl methyl sites for hydroxylation is 1. The third-order valence-corrected chi connectivity index (χ3v) is 16.9. The van der Waals surface area contributed by atoms with Crippen LogP contribution in [-0.2, 0) is 49.5 Å². The number of alkyl carbamates (subject to hydrolysis) is 1. The zero-order chi connectivity index (χ0) is 60.5. The molecule has 2 fully saturated rings. The Bertz CT molecular complexity index is 3720. The van der Waals surface area contributed by atoms with E-state index in [1.807, 2.05) is 106 Å². The number of aromatic nitrogens is 8. The number of nitriles is 1. The predicted molar refractivity (Wildman–Crippen MR) is 316 cm³/mol. The van der Waals surface area contributed by atoms with Crippen molar-refractivity contribution in [3.63, 3.8) is 0 Å². The zero-order valence-corrected chi connectivity index (χ0v) is 49.8. The van der Waals surface area contributed by atoms with Crippen molar-refractivity contribution in [1.29, 1.82) is 5.26 Å². The van der Waals surface area contributed by atoms with E-state index in [4.69, 9.17) is 42.2 Å². The number of aromatic amines is 2. The number of carbonyl (C=O) groups excluding carboxylic acids is 1. The van der Waals surface area contributed by atoms with Gasteiger partial charge in [-0.15, -0.1) is 9.42 Å². The fourth-order valence-electron chi connectivity index (χ4n) is 10.7. The van der Waals surface area contributed by atoms with Gasteiger partial charge in [-0.2, -0.15) is 10.2 Å². The Labute approximate surface area is 496 Å². The van der Waals surface area contributed by atoms with Crippen LogP contribution in [0.25, 0.3) is 22.3 Å². The number of nitrogens with one attached hydrogen (secondary N) is 4. The lowest BCUT2D eigenvalue weighted by molar-refractivity contribution is -0.0998. The van der Waals surface area contributed by atoms with Crippen LogP contribution in [0.2, 0.25) is 0 Å². The fourth-order valence-corrected chi connectivity index (χ4v) is 12.5. The minimum atomic E-state index is -3.33. The predicted octanol–water partition coefficient (Wildman–Crippen LogP) is 8.09. The minimum absolute atomic E-state index is 0.0405. The van der Waals surface area contributed by atoms with Gasteiger partial charge in [0.25, 0.3) is 11.1 Å². The molecule has 0 radical (unpaired) electrons. The van der Waals surface area contributed by atoms with Gasteiger partial charge in [-0.05, 0) is 59.4 Å². The molecule has 27 heteroatoms. The van der Waals surface area contributed by atoms with Gasteiger partial charge in [-0.1, -0.05) is 106 Å². The van der Waals surface area contributed by atoms with Crippen molar-refractivity contribution in [2.45, 2.75) is 89.2 Å². The second-order valence-electron chi connectivity index (χ2n) is 21.0. The first-order valence-corrected chi connectivity index (χ1v) is 30.5.